The van der Waals surface area contributed by atoms with Gasteiger partial charge in [0.2, 0.25) is 5.91 Å². The second-order valence-electron chi connectivity index (χ2n) is 8.97. The number of carbonyl (C=O) groups is 1. The number of carbonyl (C=O) groups excluding carboxylic acids is 1. The van der Waals surface area contributed by atoms with Crippen molar-refractivity contribution in [3.8, 4) is 11.1 Å². The Morgan fingerprint density at radius 2 is 1.97 bits per heavy atom. The van der Waals surface area contributed by atoms with Crippen molar-refractivity contribution >= 4 is 5.91 Å². The largest absolute Gasteiger partial charge is 0.346 e. The molecule has 0 radical (unpaired) electrons. The summed E-state index contributed by atoms with van der Waals surface area (Å²) in [4.78, 5) is 30.5. The Balaban J connectivity index is 1.59. The van der Waals surface area contributed by atoms with Crippen LogP contribution in [0.2, 0.25) is 0 Å². The van der Waals surface area contributed by atoms with E-state index < -0.39 is 0 Å². The van der Waals surface area contributed by atoms with E-state index in [-0.39, 0.29) is 11.8 Å². The Morgan fingerprint density at radius 1 is 1.12 bits per heavy atom. The molecule has 0 bridgehead atoms. The smallest absolute Gasteiger partial charge is 0.227 e. The van der Waals surface area contributed by atoms with Gasteiger partial charge in [0.25, 0.3) is 0 Å². The molecule has 3 heterocycles. The molecule has 1 N–H and O–H groups in total. The third kappa shape index (κ3) is 5.50. The summed E-state index contributed by atoms with van der Waals surface area (Å²) < 4.78 is 0. The minimum atomic E-state index is -0.0817. The van der Waals surface area contributed by atoms with Crippen LogP contribution in [0.15, 0.2) is 48.8 Å². The zero-order valence-corrected chi connectivity index (χ0v) is 20.1. The maximum atomic E-state index is 13.6. The highest BCUT2D eigenvalue weighted by molar-refractivity contribution is 5.80. The van der Waals surface area contributed by atoms with Gasteiger partial charge in [-0.15, -0.1) is 0 Å². The van der Waals surface area contributed by atoms with Gasteiger partial charge >= 0.3 is 0 Å². The first-order chi connectivity index (χ1) is 16.1. The first-order valence-corrected chi connectivity index (χ1v) is 12.1. The average molecular weight is 446 g/mol. The molecule has 0 unspecified atom stereocenters. The number of hydrogen-bond acceptors (Lipinski definition) is 4. The lowest BCUT2D eigenvalue weighted by molar-refractivity contribution is -0.134. The van der Waals surface area contributed by atoms with Crippen LogP contribution in [0.1, 0.15) is 43.0 Å². The molecule has 1 atom stereocenters. The highest BCUT2D eigenvalue weighted by atomic mass is 16.2. The molecule has 1 aliphatic rings. The van der Waals surface area contributed by atoms with Gasteiger partial charge in [-0.1, -0.05) is 44.2 Å². The molecule has 3 aromatic rings. The van der Waals surface area contributed by atoms with Crippen LogP contribution in [0, 0.1) is 12.8 Å². The highest BCUT2D eigenvalue weighted by Crippen LogP contribution is 2.27. The van der Waals surface area contributed by atoms with Gasteiger partial charge in [0.05, 0.1) is 11.6 Å². The SMILES string of the molecule is CCCN1CCN(Cc2nc(CC)[nH]c2C)C[C@@H](Cc2ccccc2-c2cccnc2)C1=O. The maximum Gasteiger partial charge on any atom is 0.227 e. The fourth-order valence-electron chi connectivity index (χ4n) is 4.76. The number of H-pyrrole nitrogens is 1. The van der Waals surface area contributed by atoms with E-state index in [0.29, 0.717) is 0 Å². The van der Waals surface area contributed by atoms with Gasteiger partial charge in [0, 0.05) is 62.8 Å². The third-order valence-corrected chi connectivity index (χ3v) is 6.52. The van der Waals surface area contributed by atoms with Crippen molar-refractivity contribution < 1.29 is 4.79 Å². The summed E-state index contributed by atoms with van der Waals surface area (Å²) in [5, 5.41) is 0. The summed E-state index contributed by atoms with van der Waals surface area (Å²) >= 11 is 0. The quantitative estimate of drug-likeness (QED) is 0.563. The van der Waals surface area contributed by atoms with Gasteiger partial charge in [-0.3, -0.25) is 14.7 Å². The van der Waals surface area contributed by atoms with Crippen molar-refractivity contribution in [3.05, 3.63) is 71.6 Å². The van der Waals surface area contributed by atoms with E-state index in [0.717, 1.165) is 80.3 Å². The fraction of sp³-hybridized carbons (Fsp3) is 0.444. The second-order valence-corrected chi connectivity index (χ2v) is 8.97. The molecule has 33 heavy (non-hydrogen) atoms. The van der Waals surface area contributed by atoms with Crippen LogP contribution in [-0.4, -0.2) is 56.8 Å². The van der Waals surface area contributed by atoms with Crippen LogP contribution in [0.3, 0.4) is 0 Å². The molecule has 4 rings (SSSR count). The zero-order chi connectivity index (χ0) is 23.2. The number of aromatic amines is 1. The summed E-state index contributed by atoms with van der Waals surface area (Å²) in [7, 11) is 0. The summed E-state index contributed by atoms with van der Waals surface area (Å²) in [6.45, 7) is 10.3. The number of benzene rings is 1. The highest BCUT2D eigenvalue weighted by Gasteiger charge is 2.31. The van der Waals surface area contributed by atoms with Gasteiger partial charge < -0.3 is 9.88 Å². The van der Waals surface area contributed by atoms with E-state index in [1.54, 1.807) is 6.20 Å². The number of hydrogen-bond donors (Lipinski definition) is 1. The van der Waals surface area contributed by atoms with Crippen molar-refractivity contribution in [2.24, 2.45) is 5.92 Å². The van der Waals surface area contributed by atoms with Gasteiger partial charge in [0.1, 0.15) is 5.82 Å². The Labute approximate surface area is 197 Å². The predicted molar refractivity (Wildman–Crippen MR) is 132 cm³/mol. The van der Waals surface area contributed by atoms with Crippen molar-refractivity contribution in [2.45, 2.75) is 46.6 Å². The number of imidazole rings is 1. The van der Waals surface area contributed by atoms with Crippen LogP contribution in [0.5, 0.6) is 0 Å². The number of rotatable bonds is 8. The molecule has 1 saturated heterocycles. The topological polar surface area (TPSA) is 65.1 Å². The van der Waals surface area contributed by atoms with E-state index in [9.17, 15) is 4.79 Å². The molecule has 1 aliphatic heterocycles. The average Bonchev–Trinajstić information content (AvgIpc) is 3.13. The van der Waals surface area contributed by atoms with E-state index in [2.05, 4.69) is 70.9 Å². The number of aryl methyl sites for hydroxylation is 2. The predicted octanol–water partition coefficient (Wildman–Crippen LogP) is 4.26. The summed E-state index contributed by atoms with van der Waals surface area (Å²) in [6, 6.07) is 12.5. The maximum absolute atomic E-state index is 13.6. The Morgan fingerprint density at radius 3 is 2.70 bits per heavy atom. The summed E-state index contributed by atoms with van der Waals surface area (Å²) in [6.07, 6.45) is 6.29. The second kappa shape index (κ2) is 10.8. The Kier molecular flexibility index (Phi) is 7.55. The molecule has 174 valence electrons. The van der Waals surface area contributed by atoms with Gasteiger partial charge in [-0.05, 0) is 37.0 Å². The summed E-state index contributed by atoms with van der Waals surface area (Å²) in [5.41, 5.74) is 5.68. The lowest BCUT2D eigenvalue weighted by atomic mass is 9.91. The van der Waals surface area contributed by atoms with Crippen LogP contribution in [-0.2, 0) is 24.2 Å². The first-order valence-electron chi connectivity index (χ1n) is 12.1. The standard InChI is InChI=1S/C27H35N5O/c1-4-13-32-15-14-31(19-25-20(3)29-26(5-2)30-25)18-23(27(32)33)16-21-9-6-7-11-24(21)22-10-8-12-28-17-22/h6-12,17,23H,4-5,13-16,18-19H2,1-3H3,(H,29,30)/t23-/m1/s1. The lowest BCUT2D eigenvalue weighted by Crippen LogP contribution is -2.37. The molecule has 0 aliphatic carbocycles. The molecular formula is C27H35N5O. The number of aromatic nitrogens is 3. The van der Waals surface area contributed by atoms with Gasteiger partial charge in [-0.25, -0.2) is 4.98 Å². The monoisotopic (exact) mass is 445 g/mol. The molecule has 1 aromatic carbocycles. The minimum absolute atomic E-state index is 0.0817. The number of amides is 1. The first kappa shape index (κ1) is 23.2. The lowest BCUT2D eigenvalue weighted by Gasteiger charge is -2.24. The zero-order valence-electron chi connectivity index (χ0n) is 20.1. The van der Waals surface area contributed by atoms with Crippen molar-refractivity contribution in [1.82, 2.24) is 24.8 Å². The molecular weight excluding hydrogens is 410 g/mol. The third-order valence-electron chi connectivity index (χ3n) is 6.52. The van der Waals surface area contributed by atoms with E-state index in [4.69, 9.17) is 4.98 Å². The number of nitrogens with zero attached hydrogens (tertiary/aromatic N) is 4. The molecule has 0 saturated carbocycles. The normalized spacial score (nSPS) is 17.4. The molecule has 1 fully saturated rings. The van der Waals surface area contributed by atoms with Crippen LogP contribution >= 0.6 is 0 Å². The molecule has 6 nitrogen and oxygen atoms in total. The fourth-order valence-corrected chi connectivity index (χ4v) is 4.76. The molecule has 0 spiro atoms. The molecule has 6 heteroatoms. The van der Waals surface area contributed by atoms with Gasteiger partial charge in [-0.2, -0.15) is 0 Å². The van der Waals surface area contributed by atoms with Crippen LogP contribution < -0.4 is 0 Å². The molecule has 1 amide bonds. The van der Waals surface area contributed by atoms with E-state index in [1.807, 2.05) is 12.3 Å². The number of nitrogens with one attached hydrogen (secondary N) is 1. The summed E-state index contributed by atoms with van der Waals surface area (Å²) in [5.74, 6) is 1.22. The van der Waals surface area contributed by atoms with E-state index >= 15 is 0 Å². The minimum Gasteiger partial charge on any atom is -0.346 e. The molecule has 2 aromatic heterocycles. The van der Waals surface area contributed by atoms with Crippen LogP contribution in [0.25, 0.3) is 11.1 Å². The van der Waals surface area contributed by atoms with Crippen LogP contribution in [0.4, 0.5) is 0 Å². The van der Waals surface area contributed by atoms with Crippen molar-refractivity contribution in [1.29, 1.82) is 0 Å². The van der Waals surface area contributed by atoms with E-state index in [1.165, 1.54) is 5.56 Å². The van der Waals surface area contributed by atoms with Crippen molar-refractivity contribution in [3.63, 3.8) is 0 Å². The number of pyridine rings is 1. The van der Waals surface area contributed by atoms with Gasteiger partial charge in [0.15, 0.2) is 0 Å². The Bertz CT molecular complexity index is 1060. The Hall–Kier alpha value is -2.99. The van der Waals surface area contributed by atoms with Crippen molar-refractivity contribution in [2.75, 3.05) is 26.2 Å².